The van der Waals surface area contributed by atoms with Gasteiger partial charge in [0.1, 0.15) is 5.52 Å². The van der Waals surface area contributed by atoms with E-state index in [0.29, 0.717) is 36.8 Å². The van der Waals surface area contributed by atoms with Gasteiger partial charge in [-0.1, -0.05) is 6.07 Å². The second-order valence-corrected chi connectivity index (χ2v) is 6.20. The molecule has 0 radical (unpaired) electrons. The quantitative estimate of drug-likeness (QED) is 0.355. The van der Waals surface area contributed by atoms with Crippen LogP contribution in [0.4, 0.5) is 0 Å². The fourth-order valence-electron chi connectivity index (χ4n) is 2.70. The third kappa shape index (κ3) is 4.57. The number of aromatic nitrogens is 1. The Kier molecular flexibility index (Phi) is 5.93. The molecule has 0 unspecified atom stereocenters. The Labute approximate surface area is 156 Å². The number of carbonyl (C=O) groups excluding carboxylic acids is 1. The van der Waals surface area contributed by atoms with Gasteiger partial charge in [-0.25, -0.2) is 10.5 Å². The van der Waals surface area contributed by atoms with Crippen LogP contribution in [0.15, 0.2) is 40.8 Å². The Morgan fingerprint density at radius 2 is 2.04 bits per heavy atom. The maximum absolute atomic E-state index is 11.0. The molecule has 3 rings (SSSR count). The van der Waals surface area contributed by atoms with Crippen LogP contribution in [0.1, 0.15) is 24.8 Å². The molecule has 7 nitrogen and oxygen atoms in total. The molecule has 142 valence electrons. The van der Waals surface area contributed by atoms with Gasteiger partial charge in [0.15, 0.2) is 17.1 Å². The maximum Gasteiger partial charge on any atom is 0.243 e. The number of amides is 1. The monoisotopic (exact) mass is 370 g/mol. The van der Waals surface area contributed by atoms with E-state index in [-0.39, 0.29) is 6.42 Å². The molecular weight excluding hydrogens is 348 g/mol. The molecule has 27 heavy (non-hydrogen) atoms. The Balaban J connectivity index is 1.69. The average Bonchev–Trinajstić information content (AvgIpc) is 3.10. The summed E-state index contributed by atoms with van der Waals surface area (Å²) in [7, 11) is 1.58. The summed E-state index contributed by atoms with van der Waals surface area (Å²) >= 11 is 0. The zero-order valence-electron chi connectivity index (χ0n) is 15.3. The van der Waals surface area contributed by atoms with Crippen molar-refractivity contribution in [2.24, 2.45) is 0 Å². The number of aryl methyl sites for hydroxylation is 1. The number of benzene rings is 2. The zero-order chi connectivity index (χ0) is 19.2. The fourth-order valence-corrected chi connectivity index (χ4v) is 2.70. The van der Waals surface area contributed by atoms with Crippen LogP contribution in [-0.2, 0) is 4.79 Å². The number of hydrogen-bond donors (Lipinski definition) is 2. The number of nitrogens with zero attached hydrogens (tertiary/aromatic N) is 1. The third-order valence-corrected chi connectivity index (χ3v) is 4.13. The molecule has 0 spiro atoms. The highest BCUT2D eigenvalue weighted by Crippen LogP contribution is 2.33. The van der Waals surface area contributed by atoms with E-state index in [9.17, 15) is 4.79 Å². The van der Waals surface area contributed by atoms with Crippen molar-refractivity contribution in [2.45, 2.75) is 26.2 Å². The second-order valence-electron chi connectivity index (χ2n) is 6.20. The van der Waals surface area contributed by atoms with Crippen LogP contribution in [-0.4, -0.2) is 29.8 Å². The molecule has 2 N–H and O–H groups in total. The molecule has 1 amide bonds. The largest absolute Gasteiger partial charge is 0.493 e. The second kappa shape index (κ2) is 8.55. The lowest BCUT2D eigenvalue weighted by Gasteiger charge is -2.11. The third-order valence-electron chi connectivity index (χ3n) is 4.13. The highest BCUT2D eigenvalue weighted by Gasteiger charge is 2.12. The topological polar surface area (TPSA) is 93.8 Å². The van der Waals surface area contributed by atoms with Crippen molar-refractivity contribution < 1.29 is 23.9 Å². The van der Waals surface area contributed by atoms with Crippen molar-refractivity contribution in [1.29, 1.82) is 0 Å². The lowest BCUT2D eigenvalue weighted by molar-refractivity contribution is -0.129. The number of oxazole rings is 1. The van der Waals surface area contributed by atoms with E-state index in [2.05, 4.69) is 4.98 Å². The summed E-state index contributed by atoms with van der Waals surface area (Å²) in [6.45, 7) is 2.45. The van der Waals surface area contributed by atoms with Gasteiger partial charge < -0.3 is 13.9 Å². The molecule has 1 heterocycles. The van der Waals surface area contributed by atoms with Crippen LogP contribution in [0.2, 0.25) is 0 Å². The van der Waals surface area contributed by atoms with Crippen LogP contribution in [0, 0.1) is 6.92 Å². The minimum atomic E-state index is -0.398. The average molecular weight is 370 g/mol. The first kappa shape index (κ1) is 18.7. The Bertz CT molecular complexity index is 935. The van der Waals surface area contributed by atoms with Crippen LogP contribution in [0.5, 0.6) is 11.5 Å². The van der Waals surface area contributed by atoms with Gasteiger partial charge in [0.05, 0.1) is 13.7 Å². The zero-order valence-corrected chi connectivity index (χ0v) is 15.3. The highest BCUT2D eigenvalue weighted by atomic mass is 16.5. The maximum atomic E-state index is 11.0. The fraction of sp³-hybridized carbons (Fsp3) is 0.300. The number of hydrogen-bond acceptors (Lipinski definition) is 6. The van der Waals surface area contributed by atoms with Gasteiger partial charge in [-0.05, 0) is 55.7 Å². The number of rotatable bonds is 8. The van der Waals surface area contributed by atoms with E-state index in [4.69, 9.17) is 19.1 Å². The van der Waals surface area contributed by atoms with Crippen molar-refractivity contribution in [1.82, 2.24) is 10.5 Å². The number of nitrogens with one attached hydrogen (secondary N) is 1. The Morgan fingerprint density at radius 3 is 2.81 bits per heavy atom. The SMILES string of the molecule is COc1cc(-c2nc3ccc(C)cc3o2)ccc1OCCCCC(=O)NO. The molecule has 0 saturated heterocycles. The van der Waals surface area contributed by atoms with E-state index in [0.717, 1.165) is 22.2 Å². The van der Waals surface area contributed by atoms with Gasteiger partial charge in [0, 0.05) is 12.0 Å². The smallest absolute Gasteiger partial charge is 0.243 e. The predicted octanol–water partition coefficient (Wildman–Crippen LogP) is 3.87. The van der Waals surface area contributed by atoms with E-state index in [1.54, 1.807) is 12.6 Å². The van der Waals surface area contributed by atoms with Crippen LogP contribution >= 0.6 is 0 Å². The summed E-state index contributed by atoms with van der Waals surface area (Å²) in [5.41, 5.74) is 5.08. The number of hydroxylamine groups is 1. The number of fused-ring (bicyclic) bond motifs is 1. The van der Waals surface area contributed by atoms with Crippen molar-refractivity contribution in [3.8, 4) is 23.0 Å². The molecule has 2 aromatic carbocycles. The summed E-state index contributed by atoms with van der Waals surface area (Å²) in [6.07, 6.45) is 1.56. The number of unbranched alkanes of at least 4 members (excludes halogenated alkanes) is 1. The first-order valence-corrected chi connectivity index (χ1v) is 8.72. The van der Waals surface area contributed by atoms with E-state index in [1.807, 2.05) is 43.3 Å². The molecule has 0 aliphatic rings. The predicted molar refractivity (Wildman–Crippen MR) is 100 cm³/mol. The van der Waals surface area contributed by atoms with E-state index < -0.39 is 5.91 Å². The van der Waals surface area contributed by atoms with Gasteiger partial charge in [0.2, 0.25) is 11.8 Å². The standard InChI is InChI=1S/C20H22N2O5/c1-13-6-8-15-17(11-13)27-20(21-15)14-7-9-16(18(12-14)25-2)26-10-4-3-5-19(23)22-24/h6-9,11-12,24H,3-5,10H2,1-2H3,(H,22,23). The summed E-state index contributed by atoms with van der Waals surface area (Å²) in [5, 5.41) is 8.46. The molecule has 0 aliphatic carbocycles. The molecule has 3 aromatic rings. The lowest BCUT2D eigenvalue weighted by atomic mass is 10.2. The molecule has 0 aliphatic heterocycles. The van der Waals surface area contributed by atoms with Crippen LogP contribution in [0.3, 0.4) is 0 Å². The summed E-state index contributed by atoms with van der Waals surface area (Å²) in [5.74, 6) is 1.32. The van der Waals surface area contributed by atoms with Crippen LogP contribution in [0.25, 0.3) is 22.6 Å². The van der Waals surface area contributed by atoms with E-state index in [1.165, 1.54) is 0 Å². The highest BCUT2D eigenvalue weighted by molar-refractivity contribution is 5.77. The summed E-state index contributed by atoms with van der Waals surface area (Å²) in [6, 6.07) is 11.4. The molecule has 0 atom stereocenters. The van der Waals surface area contributed by atoms with Crippen molar-refractivity contribution in [3.63, 3.8) is 0 Å². The van der Waals surface area contributed by atoms with Crippen molar-refractivity contribution in [2.75, 3.05) is 13.7 Å². The minimum absolute atomic E-state index is 0.257. The van der Waals surface area contributed by atoms with Gasteiger partial charge >= 0.3 is 0 Å². The molecule has 0 bridgehead atoms. The van der Waals surface area contributed by atoms with Crippen molar-refractivity contribution in [3.05, 3.63) is 42.0 Å². The van der Waals surface area contributed by atoms with Gasteiger partial charge in [-0.3, -0.25) is 10.0 Å². The number of carbonyl (C=O) groups is 1. The molecule has 1 aromatic heterocycles. The van der Waals surface area contributed by atoms with Gasteiger partial charge in [-0.2, -0.15) is 0 Å². The first-order valence-electron chi connectivity index (χ1n) is 8.72. The molecule has 7 heteroatoms. The number of ether oxygens (including phenoxy) is 2. The molecule has 0 saturated carbocycles. The first-order chi connectivity index (χ1) is 13.1. The summed E-state index contributed by atoms with van der Waals surface area (Å²) in [4.78, 5) is 15.5. The van der Waals surface area contributed by atoms with Gasteiger partial charge in [0.25, 0.3) is 0 Å². The molecule has 0 fully saturated rings. The molecular formula is C20H22N2O5. The van der Waals surface area contributed by atoms with Crippen molar-refractivity contribution >= 4 is 17.0 Å². The van der Waals surface area contributed by atoms with Crippen LogP contribution < -0.4 is 15.0 Å². The number of methoxy groups -OCH3 is 1. The normalized spacial score (nSPS) is 10.8. The van der Waals surface area contributed by atoms with Gasteiger partial charge in [-0.15, -0.1) is 0 Å². The Hall–Kier alpha value is -3.06. The van der Waals surface area contributed by atoms with E-state index >= 15 is 0 Å². The Morgan fingerprint density at radius 1 is 1.19 bits per heavy atom. The minimum Gasteiger partial charge on any atom is -0.493 e. The lowest BCUT2D eigenvalue weighted by Crippen LogP contribution is -2.18. The summed E-state index contributed by atoms with van der Waals surface area (Å²) < 4.78 is 17.0.